The molecule has 5 rings (SSSR count). The summed E-state index contributed by atoms with van der Waals surface area (Å²) in [5.41, 5.74) is 2.12. The number of aromatic nitrogens is 1. The van der Waals surface area contributed by atoms with Crippen LogP contribution in [0.2, 0.25) is 10.0 Å². The molecule has 0 N–H and O–H groups in total. The highest BCUT2D eigenvalue weighted by atomic mass is 35.5. The van der Waals surface area contributed by atoms with Crippen LogP contribution in [-0.4, -0.2) is 24.6 Å². The summed E-state index contributed by atoms with van der Waals surface area (Å²) < 4.78 is 18.9. The van der Waals surface area contributed by atoms with Crippen molar-refractivity contribution in [3.8, 4) is 22.8 Å². The van der Waals surface area contributed by atoms with Gasteiger partial charge in [-0.2, -0.15) is 0 Å². The van der Waals surface area contributed by atoms with Crippen LogP contribution >= 0.6 is 34.5 Å². The Labute approximate surface area is 231 Å². The molecule has 0 saturated heterocycles. The average Bonchev–Trinajstić information content (AvgIpc) is 3.49. The number of nitrogens with zero attached hydrogens (tertiary/aromatic N) is 2. The topological polar surface area (TPSA) is 83.0 Å². The van der Waals surface area contributed by atoms with Crippen LogP contribution in [0.3, 0.4) is 0 Å². The summed E-state index contributed by atoms with van der Waals surface area (Å²) in [6.45, 7) is 3.22. The molecule has 2 aromatic heterocycles. The van der Waals surface area contributed by atoms with Gasteiger partial charge in [-0.05, 0) is 68.0 Å². The first-order valence-electron chi connectivity index (χ1n) is 11.5. The maximum Gasteiger partial charge on any atom is 0.271 e. The third-order valence-corrected chi connectivity index (χ3v) is 7.93. The SMILES string of the molecule is COc1ccc(/C=c2/sc3n(c2=O)[C@@H](c2ccc(-c4ccc(Cl)c(Cl)c4)o2)C(C(C)=O)=C(C)N=3)cc1OC. The van der Waals surface area contributed by atoms with Crippen LogP contribution < -0.4 is 24.4 Å². The molecule has 10 heteroatoms. The minimum Gasteiger partial charge on any atom is -0.493 e. The van der Waals surface area contributed by atoms with Crippen molar-refractivity contribution < 1.29 is 18.7 Å². The zero-order valence-corrected chi connectivity index (χ0v) is 23.2. The summed E-state index contributed by atoms with van der Waals surface area (Å²) >= 11 is 13.5. The Hall–Kier alpha value is -3.59. The molecule has 0 saturated carbocycles. The highest BCUT2D eigenvalue weighted by molar-refractivity contribution is 7.07. The number of rotatable bonds is 6. The molecule has 2 aromatic carbocycles. The molecule has 0 spiro atoms. The normalized spacial score (nSPS) is 15.3. The number of ether oxygens (including phenoxy) is 2. The largest absolute Gasteiger partial charge is 0.493 e. The van der Waals surface area contributed by atoms with Gasteiger partial charge < -0.3 is 13.9 Å². The van der Waals surface area contributed by atoms with E-state index < -0.39 is 6.04 Å². The smallest absolute Gasteiger partial charge is 0.271 e. The highest BCUT2D eigenvalue weighted by Crippen LogP contribution is 2.35. The van der Waals surface area contributed by atoms with Gasteiger partial charge in [0, 0.05) is 16.8 Å². The number of allylic oxidation sites excluding steroid dienone is 2. The molecular weight excluding hydrogens is 547 g/mol. The van der Waals surface area contributed by atoms with Crippen LogP contribution in [0, 0.1) is 0 Å². The number of Topliss-reactive ketones (excluding diaryl/α,β-unsaturated/α-hetero) is 1. The van der Waals surface area contributed by atoms with Crippen molar-refractivity contribution in [2.45, 2.75) is 19.9 Å². The van der Waals surface area contributed by atoms with Gasteiger partial charge in [-0.15, -0.1) is 0 Å². The summed E-state index contributed by atoms with van der Waals surface area (Å²) in [4.78, 5) is 31.6. The second-order valence-electron chi connectivity index (χ2n) is 8.58. The van der Waals surface area contributed by atoms with Crippen molar-refractivity contribution in [3.05, 3.63) is 101 Å². The third kappa shape index (κ3) is 4.60. The second kappa shape index (κ2) is 10.3. The minimum atomic E-state index is -0.771. The lowest BCUT2D eigenvalue weighted by Gasteiger charge is -2.22. The number of carbonyl (C=O) groups is 1. The van der Waals surface area contributed by atoms with Crippen molar-refractivity contribution in [1.82, 2.24) is 4.57 Å². The number of hydrogen-bond acceptors (Lipinski definition) is 7. The van der Waals surface area contributed by atoms with Crippen LogP contribution in [0.5, 0.6) is 11.5 Å². The summed E-state index contributed by atoms with van der Waals surface area (Å²) in [7, 11) is 3.11. The van der Waals surface area contributed by atoms with Crippen molar-refractivity contribution in [1.29, 1.82) is 0 Å². The molecule has 3 heterocycles. The van der Waals surface area contributed by atoms with E-state index in [0.29, 0.717) is 53.7 Å². The predicted molar refractivity (Wildman–Crippen MR) is 148 cm³/mol. The van der Waals surface area contributed by atoms with E-state index in [4.69, 9.17) is 37.1 Å². The number of furan rings is 1. The van der Waals surface area contributed by atoms with E-state index in [1.165, 1.54) is 22.8 Å². The van der Waals surface area contributed by atoms with E-state index in [-0.39, 0.29) is 11.3 Å². The van der Waals surface area contributed by atoms with Crippen molar-refractivity contribution in [2.24, 2.45) is 4.99 Å². The van der Waals surface area contributed by atoms with Crippen LogP contribution in [-0.2, 0) is 4.79 Å². The number of hydrogen-bond donors (Lipinski definition) is 0. The van der Waals surface area contributed by atoms with Gasteiger partial charge in [0.15, 0.2) is 22.1 Å². The van der Waals surface area contributed by atoms with Gasteiger partial charge in [-0.1, -0.05) is 40.6 Å². The average molecular weight is 569 g/mol. The lowest BCUT2D eigenvalue weighted by Crippen LogP contribution is -2.39. The minimum absolute atomic E-state index is 0.196. The summed E-state index contributed by atoms with van der Waals surface area (Å²) in [6, 6.07) is 13.3. The number of thiazole rings is 1. The Bertz CT molecular complexity index is 1800. The lowest BCUT2D eigenvalue weighted by atomic mass is 9.98. The van der Waals surface area contributed by atoms with Gasteiger partial charge in [-0.25, -0.2) is 4.99 Å². The predicted octanol–water partition coefficient (Wildman–Crippen LogP) is 5.41. The maximum atomic E-state index is 13.7. The maximum absolute atomic E-state index is 13.7. The third-order valence-electron chi connectivity index (χ3n) is 6.21. The quantitative estimate of drug-likeness (QED) is 0.310. The number of fused-ring (bicyclic) bond motifs is 1. The molecule has 38 heavy (non-hydrogen) atoms. The van der Waals surface area contributed by atoms with Crippen molar-refractivity contribution >= 4 is 46.4 Å². The fourth-order valence-corrected chi connectivity index (χ4v) is 5.78. The summed E-state index contributed by atoms with van der Waals surface area (Å²) in [5, 5.41) is 0.826. The van der Waals surface area contributed by atoms with Gasteiger partial charge in [-0.3, -0.25) is 14.2 Å². The van der Waals surface area contributed by atoms with E-state index >= 15 is 0 Å². The first kappa shape index (κ1) is 26.0. The van der Waals surface area contributed by atoms with Crippen LogP contribution in [0.1, 0.15) is 31.2 Å². The molecule has 194 valence electrons. The van der Waals surface area contributed by atoms with Crippen LogP contribution in [0.15, 0.2) is 74.0 Å². The van der Waals surface area contributed by atoms with Gasteiger partial charge in [0.05, 0.1) is 28.8 Å². The fraction of sp³-hybridized carbons (Fsp3) is 0.179. The Balaban J connectivity index is 1.66. The first-order chi connectivity index (χ1) is 18.2. The van der Waals surface area contributed by atoms with E-state index in [9.17, 15) is 9.59 Å². The number of methoxy groups -OCH3 is 2. The molecule has 1 aliphatic rings. The zero-order chi connectivity index (χ0) is 27.1. The van der Waals surface area contributed by atoms with E-state index in [1.807, 2.05) is 6.07 Å². The molecule has 1 atom stereocenters. The van der Waals surface area contributed by atoms with Crippen LogP contribution in [0.25, 0.3) is 17.4 Å². The molecule has 0 bridgehead atoms. The number of ketones is 1. The highest BCUT2D eigenvalue weighted by Gasteiger charge is 2.33. The number of benzene rings is 2. The molecule has 0 amide bonds. The zero-order valence-electron chi connectivity index (χ0n) is 20.9. The Kier molecular flexibility index (Phi) is 7.05. The second-order valence-corrected chi connectivity index (χ2v) is 10.4. The molecule has 0 fully saturated rings. The van der Waals surface area contributed by atoms with Gasteiger partial charge >= 0.3 is 0 Å². The molecular formula is C28H22Cl2N2O5S. The standard InChI is InChI=1S/C28H22Cl2N2O5S/c1-14-25(15(2)33)26(22-10-9-20(37-22)17-6-7-18(29)19(30)13-17)32-27(34)24(38-28(32)31-14)12-16-5-8-21(35-3)23(11-16)36-4/h5-13,26H,1-4H3/b24-12+/t26-/m0/s1. The Morgan fingerprint density at radius 2 is 1.82 bits per heavy atom. The first-order valence-corrected chi connectivity index (χ1v) is 13.1. The molecule has 4 aromatic rings. The number of carbonyl (C=O) groups excluding carboxylic acids is 1. The molecule has 0 radical (unpaired) electrons. The molecule has 1 aliphatic heterocycles. The van der Waals surface area contributed by atoms with Crippen molar-refractivity contribution in [3.63, 3.8) is 0 Å². The monoisotopic (exact) mass is 568 g/mol. The van der Waals surface area contributed by atoms with Crippen molar-refractivity contribution in [2.75, 3.05) is 14.2 Å². The van der Waals surface area contributed by atoms with Gasteiger partial charge in [0.25, 0.3) is 5.56 Å². The number of halogens is 2. The van der Waals surface area contributed by atoms with E-state index in [2.05, 4.69) is 4.99 Å². The van der Waals surface area contributed by atoms with E-state index in [0.717, 1.165) is 11.1 Å². The van der Waals surface area contributed by atoms with Gasteiger partial charge in [0.2, 0.25) is 0 Å². The Morgan fingerprint density at radius 3 is 2.50 bits per heavy atom. The Morgan fingerprint density at radius 1 is 1.05 bits per heavy atom. The van der Waals surface area contributed by atoms with Crippen LogP contribution in [0.4, 0.5) is 0 Å². The molecule has 0 unspecified atom stereocenters. The lowest BCUT2D eigenvalue weighted by molar-refractivity contribution is -0.114. The fourth-order valence-electron chi connectivity index (χ4n) is 4.44. The van der Waals surface area contributed by atoms with Gasteiger partial charge in [0.1, 0.15) is 17.6 Å². The summed E-state index contributed by atoms with van der Waals surface area (Å²) in [5.74, 6) is 1.90. The summed E-state index contributed by atoms with van der Waals surface area (Å²) in [6.07, 6.45) is 1.76. The van der Waals surface area contributed by atoms with E-state index in [1.54, 1.807) is 69.7 Å². The molecule has 7 nitrogen and oxygen atoms in total. The molecule has 0 aliphatic carbocycles.